The van der Waals surface area contributed by atoms with E-state index in [9.17, 15) is 14.4 Å². The molecule has 166 valence electrons. The summed E-state index contributed by atoms with van der Waals surface area (Å²) in [6.45, 7) is 11.8. The molecule has 0 radical (unpaired) electrons. The minimum absolute atomic E-state index is 0.00242. The highest BCUT2D eigenvalue weighted by Gasteiger charge is 2.27. The predicted octanol–water partition coefficient (Wildman–Crippen LogP) is 5.28. The lowest BCUT2D eigenvalue weighted by molar-refractivity contribution is -0.121. The Balaban J connectivity index is 2.15. The number of anilines is 3. The highest BCUT2D eigenvalue weighted by Crippen LogP contribution is 2.34. The van der Waals surface area contributed by atoms with Crippen LogP contribution >= 0.6 is 0 Å². The van der Waals surface area contributed by atoms with Crippen LogP contribution in [-0.4, -0.2) is 17.7 Å². The summed E-state index contributed by atoms with van der Waals surface area (Å²) in [5.41, 5.74) is 1.68. The lowest BCUT2D eigenvalue weighted by atomic mass is 9.76. The molecule has 0 spiro atoms. The maximum absolute atomic E-state index is 12.8. The summed E-state index contributed by atoms with van der Waals surface area (Å²) in [7, 11) is 0. The molecule has 2 rings (SSSR count). The Morgan fingerprint density at radius 2 is 1.10 bits per heavy atom. The van der Waals surface area contributed by atoms with E-state index >= 15 is 0 Å². The molecule has 1 saturated carbocycles. The maximum Gasteiger partial charge on any atom is 0.227 e. The van der Waals surface area contributed by atoms with Crippen LogP contribution in [0.4, 0.5) is 17.1 Å². The van der Waals surface area contributed by atoms with Crippen LogP contribution in [0.5, 0.6) is 0 Å². The van der Waals surface area contributed by atoms with Crippen molar-refractivity contribution in [1.29, 1.82) is 0 Å². The van der Waals surface area contributed by atoms with Crippen molar-refractivity contribution in [2.45, 2.75) is 67.2 Å². The smallest absolute Gasteiger partial charge is 0.227 e. The third kappa shape index (κ3) is 6.85. The van der Waals surface area contributed by atoms with Crippen LogP contribution in [0.15, 0.2) is 18.2 Å². The molecule has 6 heteroatoms. The number of amides is 3. The minimum Gasteiger partial charge on any atom is -0.326 e. The van der Waals surface area contributed by atoms with Gasteiger partial charge in [-0.1, -0.05) is 41.5 Å². The average Bonchev–Trinajstić information content (AvgIpc) is 2.67. The van der Waals surface area contributed by atoms with Crippen LogP contribution in [0.3, 0.4) is 0 Å². The van der Waals surface area contributed by atoms with Gasteiger partial charge in [-0.3, -0.25) is 14.4 Å². The second-order valence-electron chi connectivity index (χ2n) is 9.43. The Hall–Kier alpha value is -2.37. The Morgan fingerprint density at radius 3 is 1.47 bits per heavy atom. The Bertz CT molecular complexity index is 723. The largest absolute Gasteiger partial charge is 0.326 e. The Labute approximate surface area is 180 Å². The summed E-state index contributed by atoms with van der Waals surface area (Å²) in [5, 5.41) is 8.71. The molecule has 1 aromatic rings. The van der Waals surface area contributed by atoms with E-state index in [-0.39, 0.29) is 35.5 Å². The maximum atomic E-state index is 12.8. The van der Waals surface area contributed by atoms with Gasteiger partial charge in [0.1, 0.15) is 0 Å². The van der Waals surface area contributed by atoms with Crippen molar-refractivity contribution in [3.8, 4) is 0 Å². The first-order valence-electron chi connectivity index (χ1n) is 11.1. The van der Waals surface area contributed by atoms with Gasteiger partial charge >= 0.3 is 0 Å². The molecular weight excluding hydrogens is 378 g/mol. The SMILES string of the molecule is CC(C)C(=O)Nc1cc(NC(=O)C(C)C)cc(NC(=O)C2CCC(C(C)C)CC2)c1. The van der Waals surface area contributed by atoms with Crippen LogP contribution < -0.4 is 16.0 Å². The third-order valence-electron chi connectivity index (χ3n) is 5.87. The molecule has 0 saturated heterocycles. The summed E-state index contributed by atoms with van der Waals surface area (Å²) in [6, 6.07) is 5.19. The zero-order valence-electron chi connectivity index (χ0n) is 19.2. The van der Waals surface area contributed by atoms with Crippen molar-refractivity contribution in [3.63, 3.8) is 0 Å². The van der Waals surface area contributed by atoms with E-state index in [1.54, 1.807) is 18.2 Å². The van der Waals surface area contributed by atoms with Crippen molar-refractivity contribution < 1.29 is 14.4 Å². The molecule has 1 aliphatic rings. The monoisotopic (exact) mass is 415 g/mol. The fourth-order valence-corrected chi connectivity index (χ4v) is 3.71. The van der Waals surface area contributed by atoms with Gasteiger partial charge in [-0.25, -0.2) is 0 Å². The number of carbonyl (C=O) groups is 3. The molecule has 1 aromatic carbocycles. The molecule has 1 fully saturated rings. The molecule has 1 aliphatic carbocycles. The molecule has 0 unspecified atom stereocenters. The van der Waals surface area contributed by atoms with Gasteiger partial charge in [0.15, 0.2) is 0 Å². The van der Waals surface area contributed by atoms with Gasteiger partial charge in [-0.2, -0.15) is 0 Å². The lowest BCUT2D eigenvalue weighted by Gasteiger charge is -2.30. The van der Waals surface area contributed by atoms with Crippen LogP contribution in [0.2, 0.25) is 0 Å². The normalized spacial score (nSPS) is 19.1. The lowest BCUT2D eigenvalue weighted by Crippen LogP contribution is -2.28. The Kier molecular flexibility index (Phi) is 8.44. The first-order chi connectivity index (χ1) is 14.1. The minimum atomic E-state index is -0.173. The van der Waals surface area contributed by atoms with Crippen molar-refractivity contribution in [3.05, 3.63) is 18.2 Å². The quantitative estimate of drug-likeness (QED) is 0.566. The number of nitrogens with one attached hydrogen (secondary N) is 3. The standard InChI is InChI=1S/C24H37N3O3/c1-14(2)17-7-9-18(10-8-17)24(30)27-21-12-19(25-22(28)15(3)4)11-20(13-21)26-23(29)16(5)6/h11-18H,7-10H2,1-6H3,(H,25,28)(H,26,29)(H,27,30). The summed E-state index contributed by atoms with van der Waals surface area (Å²) in [4.78, 5) is 37.1. The first-order valence-corrected chi connectivity index (χ1v) is 11.1. The van der Waals surface area contributed by atoms with Crippen molar-refractivity contribution in [2.24, 2.45) is 29.6 Å². The zero-order chi connectivity index (χ0) is 22.4. The molecule has 0 aromatic heterocycles. The van der Waals surface area contributed by atoms with E-state index < -0.39 is 0 Å². The highest BCUT2D eigenvalue weighted by atomic mass is 16.2. The van der Waals surface area contributed by atoms with Crippen molar-refractivity contribution in [2.75, 3.05) is 16.0 Å². The summed E-state index contributed by atoms with van der Waals surface area (Å²) in [5.74, 6) is 0.775. The van der Waals surface area contributed by atoms with E-state index in [4.69, 9.17) is 0 Å². The van der Waals surface area contributed by atoms with Gasteiger partial charge in [0, 0.05) is 34.8 Å². The first kappa shape index (κ1) is 23.9. The van der Waals surface area contributed by atoms with E-state index in [1.165, 1.54) is 0 Å². The van der Waals surface area contributed by atoms with Crippen molar-refractivity contribution in [1.82, 2.24) is 0 Å². The van der Waals surface area contributed by atoms with Crippen LogP contribution in [0.25, 0.3) is 0 Å². The molecule has 0 aliphatic heterocycles. The third-order valence-corrected chi connectivity index (χ3v) is 5.87. The number of benzene rings is 1. The Morgan fingerprint density at radius 1 is 0.700 bits per heavy atom. The van der Waals surface area contributed by atoms with Crippen LogP contribution in [-0.2, 0) is 14.4 Å². The van der Waals surface area contributed by atoms with Crippen molar-refractivity contribution >= 4 is 34.8 Å². The van der Waals surface area contributed by atoms with Gasteiger partial charge in [0.05, 0.1) is 0 Å². The van der Waals surface area contributed by atoms with Crippen LogP contribution in [0, 0.1) is 29.6 Å². The van der Waals surface area contributed by atoms with E-state index in [0.717, 1.165) is 25.7 Å². The topological polar surface area (TPSA) is 87.3 Å². The van der Waals surface area contributed by atoms with Gasteiger partial charge < -0.3 is 16.0 Å². The predicted molar refractivity (Wildman–Crippen MR) is 122 cm³/mol. The molecule has 0 atom stereocenters. The fourth-order valence-electron chi connectivity index (χ4n) is 3.71. The van der Waals surface area contributed by atoms with Crippen LogP contribution in [0.1, 0.15) is 67.2 Å². The van der Waals surface area contributed by atoms with Gasteiger partial charge in [0.25, 0.3) is 0 Å². The number of carbonyl (C=O) groups excluding carboxylic acids is 3. The second-order valence-corrected chi connectivity index (χ2v) is 9.43. The van der Waals surface area contributed by atoms with E-state index in [2.05, 4.69) is 29.8 Å². The average molecular weight is 416 g/mol. The van der Waals surface area contributed by atoms with E-state index in [0.29, 0.717) is 28.9 Å². The van der Waals surface area contributed by atoms with Gasteiger partial charge in [-0.05, 0) is 55.7 Å². The number of hydrogen-bond donors (Lipinski definition) is 3. The molecule has 30 heavy (non-hydrogen) atoms. The fraction of sp³-hybridized carbons (Fsp3) is 0.625. The molecule has 0 bridgehead atoms. The number of hydrogen-bond acceptors (Lipinski definition) is 3. The second kappa shape index (κ2) is 10.6. The molecule has 3 amide bonds. The highest BCUT2D eigenvalue weighted by molar-refractivity contribution is 5.99. The van der Waals surface area contributed by atoms with Gasteiger partial charge in [0.2, 0.25) is 17.7 Å². The molecule has 3 N–H and O–H groups in total. The summed E-state index contributed by atoms with van der Waals surface area (Å²) >= 11 is 0. The number of rotatable bonds is 7. The van der Waals surface area contributed by atoms with Gasteiger partial charge in [-0.15, -0.1) is 0 Å². The summed E-state index contributed by atoms with van der Waals surface area (Å²) < 4.78 is 0. The molecule has 0 heterocycles. The zero-order valence-corrected chi connectivity index (χ0v) is 19.2. The molecule has 6 nitrogen and oxygen atoms in total. The summed E-state index contributed by atoms with van der Waals surface area (Å²) in [6.07, 6.45) is 3.96. The molecular formula is C24H37N3O3. The van der Waals surface area contributed by atoms with E-state index in [1.807, 2.05) is 27.7 Å².